The van der Waals surface area contributed by atoms with E-state index in [2.05, 4.69) is 11.9 Å². The molecule has 0 amide bonds. The van der Waals surface area contributed by atoms with Gasteiger partial charge in [0.25, 0.3) is 0 Å². The number of ether oxygens (including phenoxy) is 1. The predicted molar refractivity (Wildman–Crippen MR) is 110 cm³/mol. The van der Waals surface area contributed by atoms with Gasteiger partial charge in [-0.1, -0.05) is 48.5 Å². The Balaban J connectivity index is 1.48. The highest BCUT2D eigenvalue weighted by atomic mass is 16.5. The van der Waals surface area contributed by atoms with E-state index < -0.39 is 0 Å². The van der Waals surface area contributed by atoms with Crippen LogP contribution >= 0.6 is 0 Å². The van der Waals surface area contributed by atoms with Crippen molar-refractivity contribution in [1.29, 1.82) is 0 Å². The van der Waals surface area contributed by atoms with Crippen LogP contribution in [0, 0.1) is 0 Å². The molecule has 4 heteroatoms. The van der Waals surface area contributed by atoms with Crippen LogP contribution in [-0.2, 0) is 4.74 Å². The van der Waals surface area contributed by atoms with Crippen molar-refractivity contribution in [3.05, 3.63) is 66.2 Å². The van der Waals surface area contributed by atoms with E-state index >= 15 is 0 Å². The molecule has 2 atom stereocenters. The molecule has 0 spiro atoms. The van der Waals surface area contributed by atoms with Gasteiger partial charge in [-0.25, -0.2) is 9.78 Å². The van der Waals surface area contributed by atoms with Crippen LogP contribution in [0.1, 0.15) is 36.0 Å². The number of rotatable bonds is 3. The summed E-state index contributed by atoms with van der Waals surface area (Å²) < 4.78 is 6.01. The van der Waals surface area contributed by atoms with E-state index in [1.54, 1.807) is 0 Å². The van der Waals surface area contributed by atoms with Crippen molar-refractivity contribution in [2.24, 2.45) is 0 Å². The molecule has 0 radical (unpaired) electrons. The molecule has 0 N–H and O–H groups in total. The van der Waals surface area contributed by atoms with Crippen LogP contribution in [-0.4, -0.2) is 41.1 Å². The number of nitrogens with zero attached hydrogens (tertiary/aromatic N) is 2. The molecular formula is C24H24N2O2. The highest BCUT2D eigenvalue weighted by Gasteiger charge is 2.40. The maximum Gasteiger partial charge on any atom is 0.339 e. The number of aromatic nitrogens is 1. The fraction of sp³-hybridized carbons (Fsp3) is 0.333. The van der Waals surface area contributed by atoms with E-state index in [1.165, 1.54) is 12.8 Å². The normalized spacial score (nSPS) is 24.4. The van der Waals surface area contributed by atoms with E-state index in [9.17, 15) is 4.79 Å². The molecule has 142 valence electrons. The molecule has 2 bridgehead atoms. The first-order valence-corrected chi connectivity index (χ1v) is 10.1. The van der Waals surface area contributed by atoms with Gasteiger partial charge in [0.05, 0.1) is 16.8 Å². The predicted octanol–water partition coefficient (Wildman–Crippen LogP) is 4.68. The van der Waals surface area contributed by atoms with Gasteiger partial charge in [0, 0.05) is 35.9 Å². The Hall–Kier alpha value is -2.72. The Labute approximate surface area is 165 Å². The molecule has 2 aromatic carbocycles. The summed E-state index contributed by atoms with van der Waals surface area (Å²) in [6.07, 6.45) is 4.31. The van der Waals surface area contributed by atoms with E-state index in [0.29, 0.717) is 17.6 Å². The molecule has 28 heavy (non-hydrogen) atoms. The number of piperidine rings is 1. The summed E-state index contributed by atoms with van der Waals surface area (Å²) in [6.45, 7) is 0. The summed E-state index contributed by atoms with van der Waals surface area (Å²) in [5.74, 6) is -0.232. The summed E-state index contributed by atoms with van der Waals surface area (Å²) in [5.41, 5.74) is 3.23. The molecule has 5 rings (SSSR count). The second-order valence-corrected chi connectivity index (χ2v) is 7.99. The number of benzene rings is 2. The van der Waals surface area contributed by atoms with Gasteiger partial charge in [-0.05, 0) is 32.0 Å². The van der Waals surface area contributed by atoms with Gasteiger partial charge in [-0.3, -0.25) is 0 Å². The first kappa shape index (κ1) is 17.4. The first-order valence-electron chi connectivity index (χ1n) is 10.1. The Bertz CT molecular complexity index is 1000. The van der Waals surface area contributed by atoms with Crippen molar-refractivity contribution in [3.63, 3.8) is 0 Å². The maximum absolute atomic E-state index is 13.2. The molecule has 1 aromatic heterocycles. The van der Waals surface area contributed by atoms with Crippen molar-refractivity contribution in [2.75, 3.05) is 7.05 Å². The topological polar surface area (TPSA) is 42.4 Å². The van der Waals surface area contributed by atoms with Gasteiger partial charge in [0.15, 0.2) is 0 Å². The van der Waals surface area contributed by atoms with Crippen LogP contribution in [0.15, 0.2) is 60.7 Å². The monoisotopic (exact) mass is 372 g/mol. The van der Waals surface area contributed by atoms with E-state index in [0.717, 1.165) is 35.0 Å². The number of carbonyl (C=O) groups is 1. The van der Waals surface area contributed by atoms with Crippen LogP contribution in [0.5, 0.6) is 0 Å². The number of hydrogen-bond donors (Lipinski definition) is 0. The molecule has 0 aliphatic carbocycles. The van der Waals surface area contributed by atoms with Gasteiger partial charge >= 0.3 is 5.97 Å². The van der Waals surface area contributed by atoms with Crippen LogP contribution in [0.4, 0.5) is 0 Å². The van der Waals surface area contributed by atoms with Gasteiger partial charge < -0.3 is 9.64 Å². The van der Waals surface area contributed by atoms with Crippen molar-refractivity contribution < 1.29 is 9.53 Å². The summed E-state index contributed by atoms with van der Waals surface area (Å²) in [7, 11) is 2.20. The highest BCUT2D eigenvalue weighted by molar-refractivity contribution is 6.04. The van der Waals surface area contributed by atoms with Crippen LogP contribution in [0.25, 0.3) is 22.2 Å². The zero-order valence-electron chi connectivity index (χ0n) is 16.0. The number of pyridine rings is 1. The molecule has 3 heterocycles. The first-order chi connectivity index (χ1) is 13.7. The van der Waals surface area contributed by atoms with E-state index in [1.807, 2.05) is 60.7 Å². The molecule has 2 saturated heterocycles. The number of hydrogen-bond acceptors (Lipinski definition) is 4. The Morgan fingerprint density at radius 2 is 1.68 bits per heavy atom. The van der Waals surface area contributed by atoms with Crippen molar-refractivity contribution >= 4 is 16.9 Å². The number of esters is 1. The average molecular weight is 372 g/mol. The van der Waals surface area contributed by atoms with Crippen molar-refractivity contribution in [1.82, 2.24) is 9.88 Å². The van der Waals surface area contributed by atoms with Gasteiger partial charge in [0.1, 0.15) is 6.10 Å². The standard InChI is InChI=1S/C24H24N2O2/c1-26-17-11-12-18(26)14-19(13-17)28-24(27)21-15-23(16-7-3-2-4-8-16)25-22-10-6-5-9-20(21)22/h2-10,15,17-19H,11-14H2,1H3. The van der Waals surface area contributed by atoms with Gasteiger partial charge in [-0.15, -0.1) is 0 Å². The zero-order chi connectivity index (χ0) is 19.1. The number of fused-ring (bicyclic) bond motifs is 3. The maximum atomic E-state index is 13.2. The third-order valence-electron chi connectivity index (χ3n) is 6.33. The minimum absolute atomic E-state index is 0.00769. The molecule has 2 fully saturated rings. The molecule has 2 aliphatic rings. The third-order valence-corrected chi connectivity index (χ3v) is 6.33. The minimum atomic E-state index is -0.232. The van der Waals surface area contributed by atoms with Crippen LogP contribution in [0.3, 0.4) is 0 Å². The lowest BCUT2D eigenvalue weighted by Crippen LogP contribution is -2.43. The number of para-hydroxylation sites is 1. The molecule has 3 aromatic rings. The highest BCUT2D eigenvalue weighted by Crippen LogP contribution is 2.36. The second-order valence-electron chi connectivity index (χ2n) is 7.99. The van der Waals surface area contributed by atoms with Crippen LogP contribution < -0.4 is 0 Å². The summed E-state index contributed by atoms with van der Waals surface area (Å²) in [6, 6.07) is 20.7. The lowest BCUT2D eigenvalue weighted by atomic mass is 10.00. The molecule has 2 aliphatic heterocycles. The average Bonchev–Trinajstić information content (AvgIpc) is 2.94. The Kier molecular flexibility index (Phi) is 4.36. The van der Waals surface area contributed by atoms with Gasteiger partial charge in [-0.2, -0.15) is 0 Å². The number of carbonyl (C=O) groups excluding carboxylic acids is 1. The third kappa shape index (κ3) is 3.08. The van der Waals surface area contributed by atoms with Crippen molar-refractivity contribution in [3.8, 4) is 11.3 Å². The summed E-state index contributed by atoms with van der Waals surface area (Å²) >= 11 is 0. The molecule has 2 unspecified atom stereocenters. The zero-order valence-corrected chi connectivity index (χ0v) is 16.0. The molecular weight excluding hydrogens is 348 g/mol. The fourth-order valence-corrected chi connectivity index (χ4v) is 4.77. The van der Waals surface area contributed by atoms with E-state index in [-0.39, 0.29) is 12.1 Å². The molecule has 0 saturated carbocycles. The fourth-order valence-electron chi connectivity index (χ4n) is 4.77. The quantitative estimate of drug-likeness (QED) is 0.626. The summed E-state index contributed by atoms with van der Waals surface area (Å²) in [5, 5.41) is 0.850. The minimum Gasteiger partial charge on any atom is -0.459 e. The molecule has 4 nitrogen and oxygen atoms in total. The Morgan fingerprint density at radius 1 is 1.00 bits per heavy atom. The van der Waals surface area contributed by atoms with Crippen molar-refractivity contribution in [2.45, 2.75) is 43.9 Å². The lowest BCUT2D eigenvalue weighted by Gasteiger charge is -2.35. The largest absolute Gasteiger partial charge is 0.459 e. The SMILES string of the molecule is CN1C2CCC1CC(OC(=O)c1cc(-c3ccccc3)nc3ccccc13)C2. The Morgan fingerprint density at radius 3 is 2.43 bits per heavy atom. The smallest absolute Gasteiger partial charge is 0.339 e. The lowest BCUT2D eigenvalue weighted by molar-refractivity contribution is -0.000266. The summed E-state index contributed by atoms with van der Waals surface area (Å²) in [4.78, 5) is 20.4. The van der Waals surface area contributed by atoms with E-state index in [4.69, 9.17) is 9.72 Å². The second kappa shape index (κ2) is 7.02. The van der Waals surface area contributed by atoms with Crippen LogP contribution in [0.2, 0.25) is 0 Å². The van der Waals surface area contributed by atoms with Gasteiger partial charge in [0.2, 0.25) is 0 Å².